The van der Waals surface area contributed by atoms with E-state index in [9.17, 15) is 0 Å². The van der Waals surface area contributed by atoms with Crippen LogP contribution in [0.5, 0.6) is 0 Å². The van der Waals surface area contributed by atoms with Crippen molar-refractivity contribution < 1.29 is 0 Å². The zero-order chi connectivity index (χ0) is 14.4. The first-order chi connectivity index (χ1) is 9.51. The largest absolute Gasteiger partial charge is 0.292 e. The highest BCUT2D eigenvalue weighted by Crippen LogP contribution is 2.30. The maximum Gasteiger partial charge on any atom is 0.240 e. The van der Waals surface area contributed by atoms with Gasteiger partial charge in [0.2, 0.25) is 5.95 Å². The van der Waals surface area contributed by atoms with Crippen LogP contribution in [-0.2, 0) is 0 Å². The standard InChI is InChI=1S/C12H13BrN6S/c1-5-4-8-10(15-12(17-14)16-11(8)20-5)19-7(3)9(13)6(2)18-19/h4H,14H2,1-3H3,(H,15,16,17). The van der Waals surface area contributed by atoms with Crippen LogP contribution in [0.25, 0.3) is 16.0 Å². The summed E-state index contributed by atoms with van der Waals surface area (Å²) in [5, 5.41) is 5.51. The Bertz CT molecular complexity index is 806. The third kappa shape index (κ3) is 2.00. The Kier molecular flexibility index (Phi) is 3.23. The summed E-state index contributed by atoms with van der Waals surface area (Å²) in [5.41, 5.74) is 4.43. The summed E-state index contributed by atoms with van der Waals surface area (Å²) in [4.78, 5) is 10.9. The molecule has 0 fully saturated rings. The Labute approximate surface area is 128 Å². The number of hydrazine groups is 1. The average Bonchev–Trinajstić information content (AvgIpc) is 2.92. The highest BCUT2D eigenvalue weighted by molar-refractivity contribution is 9.10. The molecule has 0 aromatic carbocycles. The van der Waals surface area contributed by atoms with Gasteiger partial charge >= 0.3 is 0 Å². The van der Waals surface area contributed by atoms with Gasteiger partial charge in [0.05, 0.1) is 21.2 Å². The normalized spacial score (nSPS) is 11.2. The Balaban J connectivity index is 2.36. The summed E-state index contributed by atoms with van der Waals surface area (Å²) in [6, 6.07) is 2.07. The third-order valence-electron chi connectivity index (χ3n) is 3.03. The average molecular weight is 353 g/mol. The van der Waals surface area contributed by atoms with Crippen LogP contribution in [0, 0.1) is 20.8 Å². The molecule has 6 nitrogen and oxygen atoms in total. The lowest BCUT2D eigenvalue weighted by Gasteiger charge is -2.07. The van der Waals surface area contributed by atoms with Gasteiger partial charge in [0.1, 0.15) is 4.83 Å². The fourth-order valence-corrected chi connectivity index (χ4v) is 3.20. The Morgan fingerprint density at radius 2 is 2.05 bits per heavy atom. The molecular weight excluding hydrogens is 340 g/mol. The number of nitrogens with two attached hydrogens (primary N) is 1. The molecule has 0 saturated carbocycles. The topological polar surface area (TPSA) is 81.7 Å². The summed E-state index contributed by atoms with van der Waals surface area (Å²) in [6.45, 7) is 5.99. The Morgan fingerprint density at radius 1 is 1.30 bits per heavy atom. The molecule has 0 atom stereocenters. The number of aryl methyl sites for hydroxylation is 2. The highest BCUT2D eigenvalue weighted by Gasteiger charge is 2.17. The quantitative estimate of drug-likeness (QED) is 0.547. The molecule has 0 saturated heterocycles. The van der Waals surface area contributed by atoms with Crippen molar-refractivity contribution in [2.45, 2.75) is 20.8 Å². The number of aromatic nitrogens is 4. The van der Waals surface area contributed by atoms with Gasteiger partial charge in [0.25, 0.3) is 0 Å². The van der Waals surface area contributed by atoms with Gasteiger partial charge in [-0.05, 0) is 42.8 Å². The number of nitrogens with one attached hydrogen (secondary N) is 1. The lowest BCUT2D eigenvalue weighted by atomic mass is 10.3. The summed E-state index contributed by atoms with van der Waals surface area (Å²) in [7, 11) is 0. The molecule has 0 unspecified atom stereocenters. The Hall–Kier alpha value is -1.51. The van der Waals surface area contributed by atoms with Crippen LogP contribution < -0.4 is 11.3 Å². The molecule has 0 aliphatic carbocycles. The SMILES string of the molecule is Cc1cc2c(-n3nc(C)c(Br)c3C)nc(NN)nc2s1. The van der Waals surface area contributed by atoms with Gasteiger partial charge in [-0.15, -0.1) is 11.3 Å². The zero-order valence-electron chi connectivity index (χ0n) is 11.2. The number of hydrogen-bond donors (Lipinski definition) is 2. The van der Waals surface area contributed by atoms with Crippen LogP contribution in [0.3, 0.4) is 0 Å². The first-order valence-electron chi connectivity index (χ1n) is 5.98. The van der Waals surface area contributed by atoms with E-state index in [0.29, 0.717) is 5.95 Å². The lowest BCUT2D eigenvalue weighted by molar-refractivity contribution is 0.811. The minimum atomic E-state index is 0.387. The number of nitrogens with zero attached hydrogens (tertiary/aromatic N) is 4. The number of nitrogen functional groups attached to an aromatic ring is 1. The number of halogens is 1. The van der Waals surface area contributed by atoms with Gasteiger partial charge < -0.3 is 0 Å². The van der Waals surface area contributed by atoms with Crippen molar-refractivity contribution in [3.63, 3.8) is 0 Å². The predicted octanol–water partition coefficient (Wildman–Crippen LogP) is 2.85. The molecule has 0 aliphatic rings. The molecule has 0 bridgehead atoms. The second-order valence-corrected chi connectivity index (χ2v) is 6.52. The van der Waals surface area contributed by atoms with Crippen molar-refractivity contribution in [2.75, 3.05) is 5.43 Å². The maximum atomic E-state index is 5.46. The van der Waals surface area contributed by atoms with E-state index in [1.165, 1.54) is 4.88 Å². The molecule has 0 spiro atoms. The van der Waals surface area contributed by atoms with Gasteiger partial charge in [-0.2, -0.15) is 10.1 Å². The summed E-state index contributed by atoms with van der Waals surface area (Å²) in [6.07, 6.45) is 0. The van der Waals surface area contributed by atoms with E-state index in [1.807, 2.05) is 25.5 Å². The van der Waals surface area contributed by atoms with Crippen LogP contribution in [0.15, 0.2) is 10.5 Å². The molecule has 3 aromatic rings. The van der Waals surface area contributed by atoms with Crippen molar-refractivity contribution in [2.24, 2.45) is 5.84 Å². The molecular formula is C12H13BrN6S. The second-order valence-electron chi connectivity index (χ2n) is 4.49. The van der Waals surface area contributed by atoms with Crippen LogP contribution in [0.4, 0.5) is 5.95 Å². The van der Waals surface area contributed by atoms with Crippen LogP contribution >= 0.6 is 27.3 Å². The summed E-state index contributed by atoms with van der Waals surface area (Å²) < 4.78 is 2.80. The second kappa shape index (κ2) is 4.80. The molecule has 20 heavy (non-hydrogen) atoms. The monoisotopic (exact) mass is 352 g/mol. The maximum absolute atomic E-state index is 5.46. The fourth-order valence-electron chi connectivity index (χ4n) is 2.08. The van der Waals surface area contributed by atoms with Crippen molar-refractivity contribution in [1.29, 1.82) is 0 Å². The van der Waals surface area contributed by atoms with Crippen molar-refractivity contribution in [1.82, 2.24) is 19.7 Å². The smallest absolute Gasteiger partial charge is 0.240 e. The zero-order valence-corrected chi connectivity index (χ0v) is 13.6. The van der Waals surface area contributed by atoms with Crippen molar-refractivity contribution >= 4 is 43.4 Å². The van der Waals surface area contributed by atoms with Gasteiger partial charge in [-0.3, -0.25) is 5.43 Å². The number of fused-ring (bicyclic) bond motifs is 1. The number of hydrogen-bond acceptors (Lipinski definition) is 6. The van der Waals surface area contributed by atoms with E-state index in [0.717, 1.165) is 31.9 Å². The molecule has 3 N–H and O–H groups in total. The van der Waals surface area contributed by atoms with Crippen LogP contribution in [0.1, 0.15) is 16.3 Å². The van der Waals surface area contributed by atoms with E-state index >= 15 is 0 Å². The van der Waals surface area contributed by atoms with Crippen LogP contribution in [0.2, 0.25) is 0 Å². The molecule has 3 aromatic heterocycles. The number of anilines is 1. The van der Waals surface area contributed by atoms with E-state index < -0.39 is 0 Å². The first kappa shape index (κ1) is 13.5. The minimum Gasteiger partial charge on any atom is -0.292 e. The summed E-state index contributed by atoms with van der Waals surface area (Å²) >= 11 is 5.15. The van der Waals surface area contributed by atoms with Crippen LogP contribution in [-0.4, -0.2) is 19.7 Å². The molecule has 8 heteroatoms. The third-order valence-corrected chi connectivity index (χ3v) is 5.12. The van der Waals surface area contributed by atoms with Gasteiger partial charge in [-0.25, -0.2) is 15.5 Å². The van der Waals surface area contributed by atoms with E-state index in [-0.39, 0.29) is 0 Å². The fraction of sp³-hybridized carbons (Fsp3) is 0.250. The molecule has 0 radical (unpaired) electrons. The van der Waals surface area contributed by atoms with Gasteiger partial charge in [0, 0.05) is 4.88 Å². The Morgan fingerprint density at radius 3 is 2.65 bits per heavy atom. The number of rotatable bonds is 2. The molecule has 0 amide bonds. The van der Waals surface area contributed by atoms with Crippen molar-refractivity contribution in [3.05, 3.63) is 26.8 Å². The highest BCUT2D eigenvalue weighted by atomic mass is 79.9. The molecule has 0 aliphatic heterocycles. The molecule has 3 heterocycles. The van der Waals surface area contributed by atoms with Gasteiger partial charge in [0.15, 0.2) is 5.82 Å². The van der Waals surface area contributed by atoms with E-state index in [1.54, 1.807) is 11.3 Å². The lowest BCUT2D eigenvalue weighted by Crippen LogP contribution is -2.13. The number of thiophene rings is 1. The van der Waals surface area contributed by atoms with E-state index in [2.05, 4.69) is 42.5 Å². The molecule has 3 rings (SSSR count). The van der Waals surface area contributed by atoms with Gasteiger partial charge in [-0.1, -0.05) is 0 Å². The summed E-state index contributed by atoms with van der Waals surface area (Å²) in [5.74, 6) is 6.58. The predicted molar refractivity (Wildman–Crippen MR) is 84.3 cm³/mol. The first-order valence-corrected chi connectivity index (χ1v) is 7.59. The minimum absolute atomic E-state index is 0.387. The van der Waals surface area contributed by atoms with E-state index in [4.69, 9.17) is 5.84 Å². The van der Waals surface area contributed by atoms with Crippen molar-refractivity contribution in [3.8, 4) is 5.82 Å². The molecule has 104 valence electrons.